The summed E-state index contributed by atoms with van der Waals surface area (Å²) in [6.45, 7) is 0.230. The van der Waals surface area contributed by atoms with E-state index in [-0.39, 0.29) is 38.6 Å². The minimum absolute atomic E-state index is 0.115. The van der Waals surface area contributed by atoms with Crippen molar-refractivity contribution in [3.8, 4) is 0 Å². The van der Waals surface area contributed by atoms with Crippen LogP contribution in [0.4, 0.5) is 0 Å². The van der Waals surface area contributed by atoms with Crippen molar-refractivity contribution < 1.29 is 15.0 Å². The Morgan fingerprint density at radius 3 is 2.53 bits per heavy atom. The van der Waals surface area contributed by atoms with E-state index in [0.29, 0.717) is 10.9 Å². The standard InChI is InChI=1S/C10H15ClN2O3S/c11-6-8-7-17-9(12-8)5-10(16)13(1-3-14)2-4-15/h7,14-15H,1-6H2. The van der Waals surface area contributed by atoms with Crippen LogP contribution in [0.2, 0.25) is 0 Å². The zero-order valence-corrected chi connectivity index (χ0v) is 10.9. The Morgan fingerprint density at radius 2 is 2.06 bits per heavy atom. The Hall–Kier alpha value is -0.690. The predicted molar refractivity (Wildman–Crippen MR) is 66.1 cm³/mol. The second-order valence-corrected chi connectivity index (χ2v) is 4.58. The lowest BCUT2D eigenvalue weighted by Crippen LogP contribution is -2.36. The van der Waals surface area contributed by atoms with Crippen LogP contribution in [0.1, 0.15) is 10.7 Å². The van der Waals surface area contributed by atoms with Gasteiger partial charge in [0.15, 0.2) is 0 Å². The van der Waals surface area contributed by atoms with Gasteiger partial charge in [0.05, 0.1) is 31.2 Å². The number of hydrogen-bond acceptors (Lipinski definition) is 5. The number of carbonyl (C=O) groups excluding carboxylic acids is 1. The van der Waals surface area contributed by atoms with Gasteiger partial charge in [0.2, 0.25) is 5.91 Å². The lowest BCUT2D eigenvalue weighted by Gasteiger charge is -2.19. The van der Waals surface area contributed by atoms with Gasteiger partial charge < -0.3 is 15.1 Å². The molecule has 1 rings (SSSR count). The molecule has 1 heterocycles. The smallest absolute Gasteiger partial charge is 0.229 e. The van der Waals surface area contributed by atoms with Crippen molar-refractivity contribution in [2.45, 2.75) is 12.3 Å². The van der Waals surface area contributed by atoms with E-state index in [4.69, 9.17) is 21.8 Å². The second kappa shape index (κ2) is 7.60. The third-order valence-electron chi connectivity index (χ3n) is 2.13. The van der Waals surface area contributed by atoms with Gasteiger partial charge in [-0.1, -0.05) is 0 Å². The highest BCUT2D eigenvalue weighted by atomic mass is 35.5. The predicted octanol–water partition coefficient (Wildman–Crippen LogP) is 0.238. The average molecular weight is 279 g/mol. The Bertz CT molecular complexity index is 353. The molecule has 0 aliphatic carbocycles. The number of hydrogen-bond donors (Lipinski definition) is 2. The fourth-order valence-electron chi connectivity index (χ4n) is 1.34. The molecule has 0 bridgehead atoms. The average Bonchev–Trinajstić information content (AvgIpc) is 2.76. The number of nitrogens with zero attached hydrogens (tertiary/aromatic N) is 2. The quantitative estimate of drug-likeness (QED) is 0.701. The lowest BCUT2D eigenvalue weighted by molar-refractivity contribution is -0.131. The number of carbonyl (C=O) groups is 1. The maximum absolute atomic E-state index is 11.8. The number of halogens is 1. The molecule has 0 atom stereocenters. The molecule has 0 unspecified atom stereocenters. The molecule has 1 amide bonds. The van der Waals surface area contributed by atoms with Crippen LogP contribution in [-0.2, 0) is 17.1 Å². The first-order chi connectivity index (χ1) is 8.21. The van der Waals surface area contributed by atoms with Crippen LogP contribution in [0.25, 0.3) is 0 Å². The molecule has 0 aromatic carbocycles. The molecule has 7 heteroatoms. The van der Waals surface area contributed by atoms with Crippen LogP contribution in [-0.4, -0.2) is 52.3 Å². The number of amides is 1. The van der Waals surface area contributed by atoms with Crippen LogP contribution in [0.3, 0.4) is 0 Å². The second-order valence-electron chi connectivity index (χ2n) is 3.37. The summed E-state index contributed by atoms with van der Waals surface area (Å²) < 4.78 is 0. The van der Waals surface area contributed by atoms with Gasteiger partial charge in [-0.3, -0.25) is 4.79 Å². The Morgan fingerprint density at radius 1 is 1.41 bits per heavy atom. The van der Waals surface area contributed by atoms with Crippen molar-refractivity contribution in [3.05, 3.63) is 16.1 Å². The van der Waals surface area contributed by atoms with Crippen molar-refractivity contribution in [1.29, 1.82) is 0 Å². The summed E-state index contributed by atoms with van der Waals surface area (Å²) in [6, 6.07) is 0. The SMILES string of the molecule is O=C(Cc1nc(CCl)cs1)N(CCO)CCO. The Balaban J connectivity index is 2.56. The first kappa shape index (κ1) is 14.4. The van der Waals surface area contributed by atoms with E-state index in [1.807, 2.05) is 5.38 Å². The van der Waals surface area contributed by atoms with Gasteiger partial charge in [-0.05, 0) is 0 Å². The van der Waals surface area contributed by atoms with E-state index in [1.54, 1.807) is 0 Å². The summed E-state index contributed by atoms with van der Waals surface area (Å²) in [4.78, 5) is 17.4. The monoisotopic (exact) mass is 278 g/mol. The van der Waals surface area contributed by atoms with E-state index < -0.39 is 0 Å². The molecular formula is C10H15ClN2O3S. The summed E-state index contributed by atoms with van der Waals surface area (Å²) in [5.74, 6) is 0.186. The number of aliphatic hydroxyl groups is 2. The number of rotatable bonds is 7. The molecule has 0 aliphatic heterocycles. The molecule has 1 aromatic heterocycles. The molecule has 96 valence electrons. The normalized spacial score (nSPS) is 10.5. The topological polar surface area (TPSA) is 73.7 Å². The van der Waals surface area contributed by atoms with Crippen molar-refractivity contribution in [2.24, 2.45) is 0 Å². The minimum atomic E-state index is -0.149. The minimum Gasteiger partial charge on any atom is -0.395 e. The van der Waals surface area contributed by atoms with Gasteiger partial charge in [0, 0.05) is 18.5 Å². The number of aromatic nitrogens is 1. The molecule has 0 spiro atoms. The molecule has 2 N–H and O–H groups in total. The molecular weight excluding hydrogens is 264 g/mol. The van der Waals surface area contributed by atoms with Crippen molar-refractivity contribution in [3.63, 3.8) is 0 Å². The first-order valence-corrected chi connectivity index (χ1v) is 6.61. The zero-order chi connectivity index (χ0) is 12.7. The summed E-state index contributed by atoms with van der Waals surface area (Å²) in [5, 5.41) is 20.1. The lowest BCUT2D eigenvalue weighted by atomic mass is 10.3. The summed E-state index contributed by atoms with van der Waals surface area (Å²) >= 11 is 7.01. The van der Waals surface area contributed by atoms with Crippen molar-refractivity contribution >= 4 is 28.8 Å². The zero-order valence-electron chi connectivity index (χ0n) is 9.30. The highest BCUT2D eigenvalue weighted by molar-refractivity contribution is 7.09. The maximum Gasteiger partial charge on any atom is 0.229 e. The van der Waals surface area contributed by atoms with Crippen molar-refractivity contribution in [1.82, 2.24) is 9.88 Å². The maximum atomic E-state index is 11.8. The van der Waals surface area contributed by atoms with Crippen LogP contribution < -0.4 is 0 Å². The van der Waals surface area contributed by atoms with Gasteiger partial charge >= 0.3 is 0 Å². The van der Waals surface area contributed by atoms with E-state index in [1.165, 1.54) is 16.2 Å². The summed E-state index contributed by atoms with van der Waals surface area (Å²) in [7, 11) is 0. The molecule has 0 fully saturated rings. The molecule has 5 nitrogen and oxygen atoms in total. The van der Waals surface area contributed by atoms with Gasteiger partial charge in [-0.15, -0.1) is 22.9 Å². The highest BCUT2D eigenvalue weighted by Crippen LogP contribution is 2.13. The van der Waals surface area contributed by atoms with Gasteiger partial charge in [0.1, 0.15) is 5.01 Å². The fraction of sp³-hybridized carbons (Fsp3) is 0.600. The van der Waals surface area contributed by atoms with Gasteiger partial charge in [-0.25, -0.2) is 4.98 Å². The van der Waals surface area contributed by atoms with E-state index in [2.05, 4.69) is 4.98 Å². The van der Waals surface area contributed by atoms with Gasteiger partial charge in [0.25, 0.3) is 0 Å². The van der Waals surface area contributed by atoms with Crippen molar-refractivity contribution in [2.75, 3.05) is 26.3 Å². The van der Waals surface area contributed by atoms with E-state index in [9.17, 15) is 4.79 Å². The van der Waals surface area contributed by atoms with Crippen LogP contribution >= 0.6 is 22.9 Å². The van der Waals surface area contributed by atoms with E-state index in [0.717, 1.165) is 5.69 Å². The number of alkyl halides is 1. The third-order valence-corrected chi connectivity index (χ3v) is 3.30. The fourth-order valence-corrected chi connectivity index (χ4v) is 2.35. The van der Waals surface area contributed by atoms with Crippen LogP contribution in [0.15, 0.2) is 5.38 Å². The molecule has 0 radical (unpaired) electrons. The summed E-state index contributed by atoms with van der Waals surface area (Å²) in [6.07, 6.45) is 0.182. The molecule has 0 saturated heterocycles. The first-order valence-electron chi connectivity index (χ1n) is 5.20. The molecule has 17 heavy (non-hydrogen) atoms. The molecule has 0 aliphatic rings. The van der Waals surface area contributed by atoms with E-state index >= 15 is 0 Å². The summed E-state index contributed by atoms with van der Waals surface area (Å²) in [5.41, 5.74) is 0.760. The Labute approximate surface area is 109 Å². The Kier molecular flexibility index (Phi) is 6.43. The van der Waals surface area contributed by atoms with Crippen LogP contribution in [0, 0.1) is 0 Å². The molecule has 1 aromatic rings. The number of aliphatic hydroxyl groups excluding tert-OH is 2. The highest BCUT2D eigenvalue weighted by Gasteiger charge is 2.14. The van der Waals surface area contributed by atoms with Crippen LogP contribution in [0.5, 0.6) is 0 Å². The third kappa shape index (κ3) is 4.59. The number of thiazole rings is 1. The largest absolute Gasteiger partial charge is 0.395 e. The molecule has 0 saturated carbocycles. The van der Waals surface area contributed by atoms with Gasteiger partial charge in [-0.2, -0.15) is 0 Å².